The summed E-state index contributed by atoms with van der Waals surface area (Å²) in [5, 5.41) is 15.5. The van der Waals surface area contributed by atoms with Crippen LogP contribution in [0.3, 0.4) is 0 Å². The minimum atomic E-state index is -3.58. The van der Waals surface area contributed by atoms with Crippen molar-refractivity contribution in [3.8, 4) is 5.75 Å². The number of aromatic nitrogens is 4. The van der Waals surface area contributed by atoms with Gasteiger partial charge < -0.3 is 24.9 Å². The van der Waals surface area contributed by atoms with E-state index >= 15 is 0 Å². The number of hydrogen-bond acceptors (Lipinski definition) is 8. The van der Waals surface area contributed by atoms with E-state index in [2.05, 4.69) is 25.1 Å². The molecule has 2 aromatic heterocycles. The third-order valence-electron chi connectivity index (χ3n) is 5.43. The number of carbonyl (C=O) groups is 1. The van der Waals surface area contributed by atoms with Crippen molar-refractivity contribution in [1.29, 1.82) is 0 Å². The first-order valence-corrected chi connectivity index (χ1v) is 12.9. The van der Waals surface area contributed by atoms with Crippen LogP contribution in [0.15, 0.2) is 36.9 Å². The SMILES string of the molecule is COc1ccccc1[C@@H](C)N[P@@](=O)(CO[C@H](C)Cn1cnc2c(N)ncnc21)NC(C)(C)C(=O)O. The van der Waals surface area contributed by atoms with Gasteiger partial charge in [0, 0.05) is 11.6 Å². The zero-order valence-electron chi connectivity index (χ0n) is 20.4. The molecule has 2 heterocycles. The van der Waals surface area contributed by atoms with Crippen LogP contribution < -0.4 is 20.6 Å². The molecule has 12 nitrogen and oxygen atoms in total. The van der Waals surface area contributed by atoms with Gasteiger partial charge in [0.05, 0.1) is 26.1 Å². The molecule has 0 aliphatic heterocycles. The Morgan fingerprint density at radius 1 is 1.26 bits per heavy atom. The monoisotopic (exact) mass is 505 g/mol. The van der Waals surface area contributed by atoms with Gasteiger partial charge in [0.2, 0.25) is 7.44 Å². The van der Waals surface area contributed by atoms with E-state index in [0.717, 1.165) is 5.56 Å². The Morgan fingerprint density at radius 2 is 1.97 bits per heavy atom. The molecule has 3 aromatic rings. The summed E-state index contributed by atoms with van der Waals surface area (Å²) in [7, 11) is -2.02. The van der Waals surface area contributed by atoms with Crippen molar-refractivity contribution in [2.45, 2.75) is 51.9 Å². The molecule has 13 heteroatoms. The average molecular weight is 506 g/mol. The maximum absolute atomic E-state index is 14.0. The molecule has 0 radical (unpaired) electrons. The van der Waals surface area contributed by atoms with Gasteiger partial charge in [0.25, 0.3) is 0 Å². The molecule has 190 valence electrons. The highest BCUT2D eigenvalue weighted by molar-refractivity contribution is 7.59. The zero-order valence-corrected chi connectivity index (χ0v) is 21.3. The van der Waals surface area contributed by atoms with Gasteiger partial charge in [0.15, 0.2) is 11.5 Å². The predicted octanol–water partition coefficient (Wildman–Crippen LogP) is 2.78. The Bertz CT molecular complexity index is 1230. The third kappa shape index (κ3) is 6.34. The normalized spacial score (nSPS) is 15.5. The van der Waals surface area contributed by atoms with E-state index in [1.807, 2.05) is 32.0 Å². The van der Waals surface area contributed by atoms with Gasteiger partial charge in [-0.3, -0.25) is 9.36 Å². The Balaban J connectivity index is 1.77. The standard InChI is InChI=1S/C22H32N7O5P/c1-14(10-29-12-26-18-19(23)24-11-25-20(18)29)34-13-35(32,28-22(3,4)21(30)31)27-15(2)16-8-6-7-9-17(16)33-5/h6-9,11-12,14-15H,10,13H2,1-5H3,(H,30,31)(H2,23,24,25)(H2,27,28,32)/t14-,15-,35+/m1/s1. The van der Waals surface area contributed by atoms with Crippen LogP contribution in [0.5, 0.6) is 5.75 Å². The Morgan fingerprint density at radius 3 is 2.66 bits per heavy atom. The van der Waals surface area contributed by atoms with Gasteiger partial charge >= 0.3 is 5.97 Å². The topological polar surface area (TPSA) is 167 Å². The van der Waals surface area contributed by atoms with E-state index in [1.54, 1.807) is 24.1 Å². The smallest absolute Gasteiger partial charge is 0.323 e. The van der Waals surface area contributed by atoms with Crippen LogP contribution in [0, 0.1) is 0 Å². The molecule has 35 heavy (non-hydrogen) atoms. The number of carboxylic acids is 1. The van der Waals surface area contributed by atoms with Crippen LogP contribution in [0.1, 0.15) is 39.3 Å². The van der Waals surface area contributed by atoms with Gasteiger partial charge in [-0.15, -0.1) is 0 Å². The van der Waals surface area contributed by atoms with E-state index in [-0.39, 0.29) is 12.2 Å². The number of aliphatic carboxylic acids is 1. The van der Waals surface area contributed by atoms with Crippen LogP contribution >= 0.6 is 7.44 Å². The number of benzene rings is 1. The number of carboxylic acid groups (broad SMARTS) is 1. The second-order valence-electron chi connectivity index (χ2n) is 8.81. The summed E-state index contributed by atoms with van der Waals surface area (Å²) in [6.07, 6.45) is 2.28. The highest BCUT2D eigenvalue weighted by atomic mass is 31.2. The van der Waals surface area contributed by atoms with Gasteiger partial charge in [-0.05, 0) is 33.8 Å². The fourth-order valence-electron chi connectivity index (χ4n) is 3.60. The van der Waals surface area contributed by atoms with Crippen LogP contribution in [-0.2, 0) is 20.6 Å². The Hall–Kier alpha value is -3.05. The second kappa shape index (κ2) is 10.7. The molecular formula is C22H32N7O5P. The van der Waals surface area contributed by atoms with Crippen molar-refractivity contribution in [2.75, 3.05) is 19.2 Å². The van der Waals surface area contributed by atoms with Crippen molar-refractivity contribution in [3.05, 3.63) is 42.5 Å². The molecule has 0 saturated carbocycles. The number of fused-ring (bicyclic) bond motifs is 1. The summed E-state index contributed by atoms with van der Waals surface area (Å²) in [6, 6.07) is 6.91. The average Bonchev–Trinajstić information content (AvgIpc) is 3.21. The lowest BCUT2D eigenvalue weighted by atomic mass is 10.1. The van der Waals surface area contributed by atoms with Crippen molar-refractivity contribution >= 4 is 30.4 Å². The van der Waals surface area contributed by atoms with Crippen molar-refractivity contribution in [2.24, 2.45) is 0 Å². The minimum Gasteiger partial charge on any atom is -0.496 e. The highest BCUT2D eigenvalue weighted by Crippen LogP contribution is 2.43. The summed E-state index contributed by atoms with van der Waals surface area (Å²) in [4.78, 5) is 24.1. The number of rotatable bonds is 12. The summed E-state index contributed by atoms with van der Waals surface area (Å²) in [5.41, 5.74) is 6.20. The number of anilines is 1. The molecule has 0 spiro atoms. The first-order chi connectivity index (χ1) is 16.5. The quantitative estimate of drug-likeness (QED) is 0.267. The fraction of sp³-hybridized carbons (Fsp3) is 0.455. The number of para-hydroxylation sites is 1. The molecule has 0 fully saturated rings. The number of methoxy groups -OCH3 is 1. The fourth-order valence-corrected chi connectivity index (χ4v) is 6.03. The molecule has 0 aliphatic carbocycles. The zero-order chi connectivity index (χ0) is 25.8. The van der Waals surface area contributed by atoms with Crippen molar-refractivity contribution in [1.82, 2.24) is 29.7 Å². The number of nitrogens with zero attached hydrogens (tertiary/aromatic N) is 4. The summed E-state index contributed by atoms with van der Waals surface area (Å²) in [5.74, 6) is -0.236. The molecule has 3 rings (SSSR count). The van der Waals surface area contributed by atoms with Gasteiger partial charge in [0.1, 0.15) is 29.5 Å². The molecule has 0 saturated heterocycles. The largest absolute Gasteiger partial charge is 0.496 e. The summed E-state index contributed by atoms with van der Waals surface area (Å²) in [6.45, 7) is 6.89. The molecule has 0 amide bonds. The lowest BCUT2D eigenvalue weighted by Gasteiger charge is -2.32. The van der Waals surface area contributed by atoms with Gasteiger partial charge in [-0.1, -0.05) is 18.2 Å². The maximum Gasteiger partial charge on any atom is 0.323 e. The van der Waals surface area contributed by atoms with Gasteiger partial charge in [-0.2, -0.15) is 0 Å². The first kappa shape index (κ1) is 26.6. The van der Waals surface area contributed by atoms with E-state index in [9.17, 15) is 14.5 Å². The number of nitrogens with two attached hydrogens (primary N) is 1. The molecule has 1 aromatic carbocycles. The first-order valence-electron chi connectivity index (χ1n) is 11.0. The van der Waals surface area contributed by atoms with Crippen LogP contribution in [0.2, 0.25) is 0 Å². The van der Waals surface area contributed by atoms with Crippen molar-refractivity contribution in [3.63, 3.8) is 0 Å². The molecule has 0 bridgehead atoms. The minimum absolute atomic E-state index is 0.256. The molecule has 0 aliphatic rings. The van der Waals surface area contributed by atoms with Crippen LogP contribution in [-0.4, -0.2) is 55.7 Å². The second-order valence-corrected chi connectivity index (χ2v) is 11.0. The van der Waals surface area contributed by atoms with E-state index in [4.69, 9.17) is 15.2 Å². The maximum atomic E-state index is 14.0. The van der Waals surface area contributed by atoms with Crippen LogP contribution in [0.4, 0.5) is 5.82 Å². The lowest BCUT2D eigenvalue weighted by molar-refractivity contribution is -0.142. The molecule has 5 N–H and O–H groups in total. The summed E-state index contributed by atoms with van der Waals surface area (Å²) >= 11 is 0. The Kier molecular flexibility index (Phi) is 8.11. The number of hydrogen-bond donors (Lipinski definition) is 4. The van der Waals surface area contributed by atoms with E-state index < -0.39 is 31.1 Å². The Labute approximate surface area is 203 Å². The number of nitrogen functional groups attached to an aromatic ring is 1. The van der Waals surface area contributed by atoms with E-state index in [0.29, 0.717) is 23.5 Å². The summed E-state index contributed by atoms with van der Waals surface area (Å²) < 4.78 is 27.1. The number of imidazole rings is 1. The van der Waals surface area contributed by atoms with E-state index in [1.165, 1.54) is 20.2 Å². The third-order valence-corrected chi connectivity index (χ3v) is 7.66. The number of ether oxygens (including phenoxy) is 2. The van der Waals surface area contributed by atoms with Crippen molar-refractivity contribution < 1.29 is 23.9 Å². The van der Waals surface area contributed by atoms with Crippen LogP contribution in [0.25, 0.3) is 11.2 Å². The van der Waals surface area contributed by atoms with Gasteiger partial charge in [-0.25, -0.2) is 25.1 Å². The molecule has 0 unspecified atom stereocenters. The molecule has 3 atom stereocenters. The predicted molar refractivity (Wildman–Crippen MR) is 132 cm³/mol. The highest BCUT2D eigenvalue weighted by Gasteiger charge is 2.37. The molecular weight excluding hydrogens is 473 g/mol. The number of nitrogens with one attached hydrogen (secondary N) is 2. The lowest BCUT2D eigenvalue weighted by Crippen LogP contribution is -2.47.